The fraction of sp³-hybridized carbons (Fsp3) is 0.467. The van der Waals surface area contributed by atoms with Crippen LogP contribution in [-0.2, 0) is 11.2 Å². The van der Waals surface area contributed by atoms with Gasteiger partial charge in [0.15, 0.2) is 0 Å². The first-order chi connectivity index (χ1) is 9.65. The smallest absolute Gasteiger partial charge is 0.286 e. The van der Waals surface area contributed by atoms with Crippen LogP contribution in [0.5, 0.6) is 0 Å². The number of carbonyl (C=O) groups is 2. The molecule has 2 amide bonds. The fourth-order valence-electron chi connectivity index (χ4n) is 2.25. The number of imide groups is 1. The number of rotatable bonds is 7. The lowest BCUT2D eigenvalue weighted by molar-refractivity contribution is -0.119. The Hall–Kier alpha value is -1.000. The Bertz CT molecular complexity index is 475. The summed E-state index contributed by atoms with van der Waals surface area (Å²) in [5, 5.41) is 2.72. The van der Waals surface area contributed by atoms with E-state index in [-0.39, 0.29) is 16.4 Å². The summed E-state index contributed by atoms with van der Waals surface area (Å²) in [7, 11) is 0. The van der Waals surface area contributed by atoms with Crippen molar-refractivity contribution in [3.8, 4) is 0 Å². The zero-order chi connectivity index (χ0) is 14.4. The third-order valence-electron chi connectivity index (χ3n) is 3.36. The predicted molar refractivity (Wildman–Crippen MR) is 83.2 cm³/mol. The molecule has 0 saturated carbocycles. The summed E-state index contributed by atoms with van der Waals surface area (Å²) >= 11 is 6.96. The molecular formula is C15H18ClNO2S. The number of nitrogens with one attached hydrogen (secondary N) is 1. The Balaban J connectivity index is 1.55. The Morgan fingerprint density at radius 3 is 2.40 bits per heavy atom. The van der Waals surface area contributed by atoms with Crippen molar-refractivity contribution in [3.05, 3.63) is 34.9 Å². The summed E-state index contributed by atoms with van der Waals surface area (Å²) in [4.78, 5) is 22.4. The van der Waals surface area contributed by atoms with Crippen LogP contribution in [-0.4, -0.2) is 16.4 Å². The molecule has 5 heteroatoms. The first-order valence-corrected chi connectivity index (χ1v) is 8.17. The van der Waals surface area contributed by atoms with Crippen molar-refractivity contribution in [1.29, 1.82) is 0 Å². The van der Waals surface area contributed by atoms with E-state index in [1.54, 1.807) is 0 Å². The summed E-state index contributed by atoms with van der Waals surface area (Å²) in [6.45, 7) is 0. The standard InChI is InChI=1S/C15H18ClNO2S/c16-12-9-7-11(8-10-12)5-3-1-2-4-6-13-14(18)17-15(19)20-13/h7-10,13H,1-6H2,(H,17,18,19). The molecule has 1 heterocycles. The van der Waals surface area contributed by atoms with Crippen LogP contribution in [0.4, 0.5) is 4.79 Å². The van der Waals surface area contributed by atoms with Crippen LogP contribution in [0.1, 0.15) is 37.7 Å². The van der Waals surface area contributed by atoms with Gasteiger partial charge in [0.2, 0.25) is 5.91 Å². The Kier molecular flexibility index (Phi) is 5.92. The van der Waals surface area contributed by atoms with Gasteiger partial charge in [0.1, 0.15) is 0 Å². The van der Waals surface area contributed by atoms with E-state index in [1.807, 2.05) is 12.1 Å². The van der Waals surface area contributed by atoms with Crippen LogP contribution in [0.25, 0.3) is 0 Å². The van der Waals surface area contributed by atoms with E-state index in [4.69, 9.17) is 11.6 Å². The molecule has 1 aromatic carbocycles. The lowest BCUT2D eigenvalue weighted by Crippen LogP contribution is -2.23. The lowest BCUT2D eigenvalue weighted by atomic mass is 10.0. The molecule has 3 nitrogen and oxygen atoms in total. The molecule has 20 heavy (non-hydrogen) atoms. The highest BCUT2D eigenvalue weighted by Crippen LogP contribution is 2.24. The molecule has 1 fully saturated rings. The van der Waals surface area contributed by atoms with Gasteiger partial charge in [-0.15, -0.1) is 0 Å². The second-order valence-electron chi connectivity index (χ2n) is 4.96. The van der Waals surface area contributed by atoms with E-state index in [9.17, 15) is 9.59 Å². The molecule has 0 spiro atoms. The molecule has 1 aliphatic rings. The molecule has 0 aromatic heterocycles. The van der Waals surface area contributed by atoms with Gasteiger partial charge in [-0.3, -0.25) is 14.9 Å². The molecule has 1 unspecified atom stereocenters. The zero-order valence-electron chi connectivity index (χ0n) is 11.2. The van der Waals surface area contributed by atoms with Crippen molar-refractivity contribution in [2.24, 2.45) is 0 Å². The molecule has 108 valence electrons. The largest absolute Gasteiger partial charge is 0.286 e. The summed E-state index contributed by atoms with van der Waals surface area (Å²) < 4.78 is 0. The van der Waals surface area contributed by atoms with Crippen LogP contribution in [0.2, 0.25) is 5.02 Å². The molecule has 0 bridgehead atoms. The molecule has 2 rings (SSSR count). The number of amides is 2. The maximum Gasteiger partial charge on any atom is 0.286 e. The number of unbranched alkanes of at least 4 members (excludes halogenated alkanes) is 3. The molecule has 0 aliphatic carbocycles. The van der Waals surface area contributed by atoms with Crippen LogP contribution in [0, 0.1) is 0 Å². The Morgan fingerprint density at radius 1 is 1.05 bits per heavy atom. The van der Waals surface area contributed by atoms with Gasteiger partial charge in [0.05, 0.1) is 5.25 Å². The minimum Gasteiger partial charge on any atom is -0.286 e. The number of carbonyl (C=O) groups excluding carboxylic acids is 2. The van der Waals surface area contributed by atoms with Gasteiger partial charge in [-0.1, -0.05) is 54.8 Å². The minimum atomic E-state index is -0.206. The summed E-state index contributed by atoms with van der Waals surface area (Å²) in [6.07, 6.45) is 6.25. The lowest BCUT2D eigenvalue weighted by Gasteiger charge is -2.05. The van der Waals surface area contributed by atoms with E-state index >= 15 is 0 Å². The molecule has 0 radical (unpaired) electrons. The molecule has 1 atom stereocenters. The highest BCUT2D eigenvalue weighted by molar-refractivity contribution is 8.15. The van der Waals surface area contributed by atoms with Gasteiger partial charge >= 0.3 is 0 Å². The average molecular weight is 312 g/mol. The van der Waals surface area contributed by atoms with Crippen molar-refractivity contribution in [2.45, 2.75) is 43.8 Å². The SMILES string of the molecule is O=C1NC(=O)C(CCCCCCc2ccc(Cl)cc2)S1. The molecular weight excluding hydrogens is 294 g/mol. The van der Waals surface area contributed by atoms with E-state index in [0.29, 0.717) is 0 Å². The molecule has 1 saturated heterocycles. The van der Waals surface area contributed by atoms with Gasteiger partial charge in [-0.2, -0.15) is 0 Å². The summed E-state index contributed by atoms with van der Waals surface area (Å²) in [5.74, 6) is -0.124. The van der Waals surface area contributed by atoms with E-state index in [1.165, 1.54) is 5.56 Å². The van der Waals surface area contributed by atoms with Gasteiger partial charge in [-0.05, 0) is 37.0 Å². The van der Waals surface area contributed by atoms with Crippen LogP contribution in [0.3, 0.4) is 0 Å². The van der Waals surface area contributed by atoms with Crippen molar-refractivity contribution in [3.63, 3.8) is 0 Å². The van der Waals surface area contributed by atoms with Gasteiger partial charge < -0.3 is 0 Å². The first kappa shape index (κ1) is 15.4. The van der Waals surface area contributed by atoms with Gasteiger partial charge in [0.25, 0.3) is 5.24 Å². The Labute approximate surface area is 128 Å². The second kappa shape index (κ2) is 7.70. The first-order valence-electron chi connectivity index (χ1n) is 6.91. The predicted octanol–water partition coefficient (Wildman–Crippen LogP) is 4.18. The topological polar surface area (TPSA) is 46.2 Å². The molecule has 1 aromatic rings. The maximum atomic E-state index is 11.4. The monoisotopic (exact) mass is 311 g/mol. The highest BCUT2D eigenvalue weighted by Gasteiger charge is 2.30. The van der Waals surface area contributed by atoms with E-state index < -0.39 is 0 Å². The van der Waals surface area contributed by atoms with Crippen molar-refractivity contribution in [2.75, 3.05) is 0 Å². The van der Waals surface area contributed by atoms with Crippen molar-refractivity contribution >= 4 is 34.5 Å². The Morgan fingerprint density at radius 2 is 1.75 bits per heavy atom. The zero-order valence-corrected chi connectivity index (χ0v) is 12.8. The average Bonchev–Trinajstić information content (AvgIpc) is 2.74. The van der Waals surface area contributed by atoms with Crippen LogP contribution in [0.15, 0.2) is 24.3 Å². The summed E-state index contributed by atoms with van der Waals surface area (Å²) in [6, 6.07) is 7.97. The number of hydrogen-bond acceptors (Lipinski definition) is 3. The molecule has 1 N–H and O–H groups in total. The minimum absolute atomic E-state index is 0.124. The van der Waals surface area contributed by atoms with Crippen molar-refractivity contribution < 1.29 is 9.59 Å². The number of benzene rings is 1. The van der Waals surface area contributed by atoms with Gasteiger partial charge in [-0.25, -0.2) is 0 Å². The third kappa shape index (κ3) is 4.84. The quantitative estimate of drug-likeness (QED) is 0.768. The maximum absolute atomic E-state index is 11.4. The highest BCUT2D eigenvalue weighted by atomic mass is 35.5. The van der Waals surface area contributed by atoms with E-state index in [2.05, 4.69) is 17.4 Å². The van der Waals surface area contributed by atoms with Crippen LogP contribution >= 0.6 is 23.4 Å². The number of hydrogen-bond donors (Lipinski definition) is 1. The normalized spacial score (nSPS) is 18.4. The van der Waals surface area contributed by atoms with Crippen LogP contribution < -0.4 is 5.32 Å². The summed E-state index contributed by atoms with van der Waals surface area (Å²) in [5.41, 5.74) is 1.31. The third-order valence-corrected chi connectivity index (χ3v) is 4.66. The van der Waals surface area contributed by atoms with E-state index in [0.717, 1.165) is 55.3 Å². The fourth-order valence-corrected chi connectivity index (χ4v) is 3.24. The van der Waals surface area contributed by atoms with Crippen molar-refractivity contribution in [1.82, 2.24) is 5.32 Å². The number of thioether (sulfide) groups is 1. The second-order valence-corrected chi connectivity index (χ2v) is 6.57. The number of halogens is 1. The molecule has 1 aliphatic heterocycles. The number of aryl methyl sites for hydroxylation is 1. The van der Waals surface area contributed by atoms with Gasteiger partial charge in [0, 0.05) is 5.02 Å².